The number of amides is 1. The van der Waals surface area contributed by atoms with Crippen molar-refractivity contribution in [3.63, 3.8) is 0 Å². The summed E-state index contributed by atoms with van der Waals surface area (Å²) in [5.74, 6) is 0.755. The van der Waals surface area contributed by atoms with Crippen LogP contribution < -0.4 is 10.6 Å². The molecule has 1 unspecified atom stereocenters. The van der Waals surface area contributed by atoms with Crippen molar-refractivity contribution in [2.24, 2.45) is 5.92 Å². The fourth-order valence-electron chi connectivity index (χ4n) is 1.32. The van der Waals surface area contributed by atoms with Gasteiger partial charge >= 0.3 is 0 Å². The van der Waals surface area contributed by atoms with Gasteiger partial charge in [-0.15, -0.1) is 0 Å². The van der Waals surface area contributed by atoms with Crippen molar-refractivity contribution in [1.82, 2.24) is 10.6 Å². The third-order valence-corrected chi connectivity index (χ3v) is 1.84. The van der Waals surface area contributed by atoms with Gasteiger partial charge < -0.3 is 10.6 Å². The maximum absolute atomic E-state index is 10.8. The number of nitrogens with one attached hydrogen (secondary N) is 2. The molecule has 0 aliphatic carbocycles. The van der Waals surface area contributed by atoms with Crippen molar-refractivity contribution in [1.29, 1.82) is 0 Å². The molecule has 1 fully saturated rings. The van der Waals surface area contributed by atoms with Gasteiger partial charge in [0.05, 0.1) is 0 Å². The largest absolute Gasteiger partial charge is 0.356 e. The Morgan fingerprint density at radius 2 is 2.60 bits per heavy atom. The van der Waals surface area contributed by atoms with Gasteiger partial charge in [0.1, 0.15) is 0 Å². The Bertz CT molecular complexity index is 123. The van der Waals surface area contributed by atoms with E-state index < -0.39 is 0 Å². The van der Waals surface area contributed by atoms with E-state index >= 15 is 0 Å². The Balaban J connectivity index is 2.25. The zero-order valence-electron chi connectivity index (χ0n) is 6.31. The van der Waals surface area contributed by atoms with Gasteiger partial charge in [-0.05, 0) is 25.9 Å². The Kier molecular flexibility index (Phi) is 2.68. The Morgan fingerprint density at radius 1 is 1.80 bits per heavy atom. The predicted octanol–water partition coefficient (Wildman–Crippen LogP) is -0.268. The maximum atomic E-state index is 10.8. The summed E-state index contributed by atoms with van der Waals surface area (Å²) >= 11 is 0. The second-order valence-electron chi connectivity index (χ2n) is 2.77. The molecule has 1 rings (SSSR count). The molecule has 10 heavy (non-hydrogen) atoms. The van der Waals surface area contributed by atoms with E-state index in [-0.39, 0.29) is 5.91 Å². The lowest BCUT2D eigenvalue weighted by Crippen LogP contribution is -2.36. The van der Waals surface area contributed by atoms with E-state index in [4.69, 9.17) is 0 Å². The van der Waals surface area contributed by atoms with Crippen LogP contribution in [0.4, 0.5) is 0 Å². The molecule has 0 aromatic carbocycles. The lowest BCUT2D eigenvalue weighted by molar-refractivity contribution is -0.123. The van der Waals surface area contributed by atoms with E-state index in [1.54, 1.807) is 0 Å². The fourth-order valence-corrected chi connectivity index (χ4v) is 1.32. The van der Waals surface area contributed by atoms with Crippen molar-refractivity contribution in [3.05, 3.63) is 0 Å². The molecule has 3 nitrogen and oxygen atoms in total. The average molecular weight is 142 g/mol. The van der Waals surface area contributed by atoms with Crippen molar-refractivity contribution in [2.75, 3.05) is 20.1 Å². The van der Waals surface area contributed by atoms with Crippen molar-refractivity contribution < 1.29 is 4.79 Å². The normalized spacial score (nSPS) is 26.1. The summed E-state index contributed by atoms with van der Waals surface area (Å²) in [5, 5.41) is 5.88. The molecule has 1 heterocycles. The highest BCUT2D eigenvalue weighted by molar-refractivity contribution is 5.76. The first-order valence-electron chi connectivity index (χ1n) is 3.74. The van der Waals surface area contributed by atoms with Gasteiger partial charge in [0, 0.05) is 13.0 Å². The highest BCUT2D eigenvalue weighted by atomic mass is 16.1. The Hall–Kier alpha value is -0.570. The minimum absolute atomic E-state index is 0.200. The molecule has 0 aromatic rings. The molecular formula is C7H14N2O. The molecule has 1 amide bonds. The van der Waals surface area contributed by atoms with Gasteiger partial charge in [-0.25, -0.2) is 0 Å². The SMILES string of the molecule is CNCC1CCNC(=O)C1. The quantitative estimate of drug-likeness (QED) is 0.557. The van der Waals surface area contributed by atoms with Crippen LogP contribution in [-0.2, 0) is 4.79 Å². The third-order valence-electron chi connectivity index (χ3n) is 1.84. The molecule has 0 saturated carbocycles. The van der Waals surface area contributed by atoms with Gasteiger partial charge in [-0.3, -0.25) is 4.79 Å². The van der Waals surface area contributed by atoms with Crippen LogP contribution in [0.15, 0.2) is 0 Å². The van der Waals surface area contributed by atoms with Crippen LogP contribution in [-0.4, -0.2) is 26.0 Å². The van der Waals surface area contributed by atoms with Crippen LogP contribution in [0, 0.1) is 5.92 Å². The van der Waals surface area contributed by atoms with E-state index in [1.807, 2.05) is 7.05 Å². The van der Waals surface area contributed by atoms with E-state index in [9.17, 15) is 4.79 Å². The minimum Gasteiger partial charge on any atom is -0.356 e. The van der Waals surface area contributed by atoms with E-state index in [1.165, 1.54) is 0 Å². The predicted molar refractivity (Wildman–Crippen MR) is 39.7 cm³/mol. The smallest absolute Gasteiger partial charge is 0.220 e. The fraction of sp³-hybridized carbons (Fsp3) is 0.857. The summed E-state index contributed by atoms with van der Waals surface area (Å²) in [4.78, 5) is 10.8. The van der Waals surface area contributed by atoms with Gasteiger partial charge in [-0.1, -0.05) is 0 Å². The van der Waals surface area contributed by atoms with Crippen molar-refractivity contribution in [2.45, 2.75) is 12.8 Å². The molecule has 1 saturated heterocycles. The number of carbonyl (C=O) groups excluding carboxylic acids is 1. The molecule has 0 aromatic heterocycles. The topological polar surface area (TPSA) is 41.1 Å². The highest BCUT2D eigenvalue weighted by Crippen LogP contribution is 2.10. The van der Waals surface area contributed by atoms with Gasteiger partial charge in [0.25, 0.3) is 0 Å². The van der Waals surface area contributed by atoms with Gasteiger partial charge in [0.2, 0.25) is 5.91 Å². The number of carbonyl (C=O) groups is 1. The number of hydrogen-bond acceptors (Lipinski definition) is 2. The van der Waals surface area contributed by atoms with Crippen LogP contribution in [0.3, 0.4) is 0 Å². The number of hydrogen-bond donors (Lipinski definition) is 2. The Morgan fingerprint density at radius 3 is 3.20 bits per heavy atom. The van der Waals surface area contributed by atoms with E-state index in [0.717, 1.165) is 19.5 Å². The highest BCUT2D eigenvalue weighted by Gasteiger charge is 2.17. The lowest BCUT2D eigenvalue weighted by Gasteiger charge is -2.21. The monoisotopic (exact) mass is 142 g/mol. The number of piperidine rings is 1. The standard InChI is InChI=1S/C7H14N2O/c1-8-5-6-2-3-9-7(10)4-6/h6,8H,2-5H2,1H3,(H,9,10). The molecule has 1 aliphatic rings. The molecule has 0 bridgehead atoms. The first-order valence-corrected chi connectivity index (χ1v) is 3.74. The zero-order chi connectivity index (χ0) is 7.40. The average Bonchev–Trinajstić information content (AvgIpc) is 1.88. The summed E-state index contributed by atoms with van der Waals surface area (Å²) < 4.78 is 0. The summed E-state index contributed by atoms with van der Waals surface area (Å²) in [5.41, 5.74) is 0. The molecular weight excluding hydrogens is 128 g/mol. The molecule has 0 spiro atoms. The zero-order valence-corrected chi connectivity index (χ0v) is 6.31. The maximum Gasteiger partial charge on any atom is 0.220 e. The molecule has 1 atom stereocenters. The molecule has 3 heteroatoms. The summed E-state index contributed by atoms with van der Waals surface area (Å²) in [7, 11) is 1.92. The minimum atomic E-state index is 0.200. The van der Waals surface area contributed by atoms with Crippen LogP contribution in [0.5, 0.6) is 0 Å². The lowest BCUT2D eigenvalue weighted by atomic mass is 9.98. The van der Waals surface area contributed by atoms with Crippen molar-refractivity contribution in [3.8, 4) is 0 Å². The summed E-state index contributed by atoms with van der Waals surface area (Å²) in [6.07, 6.45) is 1.81. The molecule has 0 radical (unpaired) electrons. The summed E-state index contributed by atoms with van der Waals surface area (Å²) in [6.45, 7) is 1.82. The second kappa shape index (κ2) is 3.56. The molecule has 1 aliphatic heterocycles. The van der Waals surface area contributed by atoms with Crippen molar-refractivity contribution >= 4 is 5.91 Å². The van der Waals surface area contributed by atoms with Crippen LogP contribution in [0.25, 0.3) is 0 Å². The van der Waals surface area contributed by atoms with E-state index in [2.05, 4.69) is 10.6 Å². The second-order valence-corrected chi connectivity index (χ2v) is 2.77. The van der Waals surface area contributed by atoms with Crippen LogP contribution >= 0.6 is 0 Å². The summed E-state index contributed by atoms with van der Waals surface area (Å²) in [6, 6.07) is 0. The van der Waals surface area contributed by atoms with Gasteiger partial charge in [-0.2, -0.15) is 0 Å². The molecule has 2 N–H and O–H groups in total. The first-order chi connectivity index (χ1) is 4.83. The van der Waals surface area contributed by atoms with Gasteiger partial charge in [0.15, 0.2) is 0 Å². The Labute approximate surface area is 61.2 Å². The third kappa shape index (κ3) is 1.99. The first kappa shape index (κ1) is 7.54. The van der Waals surface area contributed by atoms with E-state index in [0.29, 0.717) is 12.3 Å². The number of rotatable bonds is 2. The molecule has 58 valence electrons. The van der Waals surface area contributed by atoms with Crippen LogP contribution in [0.1, 0.15) is 12.8 Å². The van der Waals surface area contributed by atoms with Crippen LogP contribution in [0.2, 0.25) is 0 Å².